The minimum atomic E-state index is 0.380. The van der Waals surface area contributed by atoms with E-state index < -0.39 is 0 Å². The van der Waals surface area contributed by atoms with E-state index in [1.807, 2.05) is 18.4 Å². The summed E-state index contributed by atoms with van der Waals surface area (Å²) in [7, 11) is 0. The number of hydrogen-bond donors (Lipinski definition) is 0. The molecule has 0 aliphatic carbocycles. The maximum atomic E-state index is 10.8. The van der Waals surface area contributed by atoms with Gasteiger partial charge in [0.25, 0.3) is 0 Å². The van der Waals surface area contributed by atoms with Gasteiger partial charge in [0.15, 0.2) is 0 Å². The zero-order valence-electron chi connectivity index (χ0n) is 9.29. The van der Waals surface area contributed by atoms with Crippen molar-refractivity contribution in [3.8, 4) is 0 Å². The summed E-state index contributed by atoms with van der Waals surface area (Å²) in [5.41, 5.74) is 3.13. The Hall–Kier alpha value is -1.11. The molecule has 0 aliphatic heterocycles. The molecule has 75 valence electrons. The highest BCUT2D eigenvalue weighted by atomic mass is 16.1. The fourth-order valence-corrected chi connectivity index (χ4v) is 1.82. The van der Waals surface area contributed by atoms with Gasteiger partial charge in [0.2, 0.25) is 6.29 Å². The molecule has 0 N–H and O–H groups in total. The summed E-state index contributed by atoms with van der Waals surface area (Å²) in [6, 6.07) is 5.87. The quantitative estimate of drug-likeness (QED) is 0.712. The second-order valence-corrected chi connectivity index (χ2v) is 4.22. The summed E-state index contributed by atoms with van der Waals surface area (Å²) in [6.45, 7) is 8.52. The van der Waals surface area contributed by atoms with Gasteiger partial charge in [0, 0.05) is 5.56 Å². The summed E-state index contributed by atoms with van der Waals surface area (Å²) >= 11 is 0. The van der Waals surface area contributed by atoms with E-state index in [-0.39, 0.29) is 0 Å². The summed E-state index contributed by atoms with van der Waals surface area (Å²) in [6.07, 6.45) is 2.02. The van der Waals surface area contributed by atoms with Crippen LogP contribution in [-0.4, -0.2) is 6.29 Å². The molecule has 14 heavy (non-hydrogen) atoms. The minimum Gasteiger partial charge on any atom is -0.285 e. The van der Waals surface area contributed by atoms with Crippen molar-refractivity contribution in [2.45, 2.75) is 39.5 Å². The molecule has 0 saturated carbocycles. The number of benzene rings is 1. The van der Waals surface area contributed by atoms with Crippen LogP contribution in [0.2, 0.25) is 0 Å². The van der Waals surface area contributed by atoms with Crippen LogP contribution in [0.5, 0.6) is 0 Å². The summed E-state index contributed by atoms with van der Waals surface area (Å²) < 4.78 is 0. The van der Waals surface area contributed by atoms with Crippen molar-refractivity contribution < 1.29 is 4.79 Å². The van der Waals surface area contributed by atoms with E-state index in [0.29, 0.717) is 17.4 Å². The van der Waals surface area contributed by atoms with Crippen LogP contribution in [0.15, 0.2) is 18.2 Å². The molecule has 1 radical (unpaired) electrons. The molecule has 0 fully saturated rings. The standard InChI is InChI=1S/C13H17O/c1-9(2)12-7-5-6-11(8-14)13(12)10(3)4/h5-7,9-10H,1-4H3. The van der Waals surface area contributed by atoms with E-state index in [9.17, 15) is 4.79 Å². The van der Waals surface area contributed by atoms with Gasteiger partial charge < -0.3 is 0 Å². The Morgan fingerprint density at radius 3 is 2.14 bits per heavy atom. The molecule has 0 bridgehead atoms. The van der Waals surface area contributed by atoms with Crippen molar-refractivity contribution in [1.29, 1.82) is 0 Å². The van der Waals surface area contributed by atoms with Gasteiger partial charge in [-0.3, -0.25) is 4.79 Å². The van der Waals surface area contributed by atoms with E-state index in [1.54, 1.807) is 0 Å². The molecule has 1 nitrogen and oxygen atoms in total. The molecule has 0 saturated heterocycles. The summed E-state index contributed by atoms with van der Waals surface area (Å²) in [5.74, 6) is 0.839. The van der Waals surface area contributed by atoms with Crippen molar-refractivity contribution in [2.75, 3.05) is 0 Å². The van der Waals surface area contributed by atoms with Crippen molar-refractivity contribution >= 4 is 6.29 Å². The van der Waals surface area contributed by atoms with Crippen LogP contribution in [0.1, 0.15) is 56.2 Å². The molecule has 0 aliphatic rings. The first kappa shape index (κ1) is 11.0. The molecule has 1 aromatic rings. The molecule has 0 heterocycles. The Balaban J connectivity index is 3.35. The molecule has 0 atom stereocenters. The molecule has 0 aromatic heterocycles. The smallest absolute Gasteiger partial charge is 0.233 e. The molecular formula is C13H17O. The molecule has 0 amide bonds. The van der Waals surface area contributed by atoms with Crippen molar-refractivity contribution in [3.63, 3.8) is 0 Å². The summed E-state index contributed by atoms with van der Waals surface area (Å²) in [4.78, 5) is 10.8. The maximum Gasteiger partial charge on any atom is 0.233 e. The number of hydrogen-bond acceptors (Lipinski definition) is 1. The third-order valence-electron chi connectivity index (χ3n) is 2.45. The predicted molar refractivity (Wildman–Crippen MR) is 59.4 cm³/mol. The van der Waals surface area contributed by atoms with Crippen LogP contribution >= 0.6 is 0 Å². The van der Waals surface area contributed by atoms with E-state index in [2.05, 4.69) is 33.8 Å². The van der Waals surface area contributed by atoms with Crippen LogP contribution in [0, 0.1) is 0 Å². The highest BCUT2D eigenvalue weighted by molar-refractivity contribution is 5.79. The Bertz CT molecular complexity index is 324. The lowest BCUT2D eigenvalue weighted by Gasteiger charge is -2.17. The average Bonchev–Trinajstić information content (AvgIpc) is 2.16. The fraction of sp³-hybridized carbons (Fsp3) is 0.462. The highest BCUT2D eigenvalue weighted by Gasteiger charge is 2.13. The molecule has 0 spiro atoms. The van der Waals surface area contributed by atoms with Gasteiger partial charge in [0.1, 0.15) is 0 Å². The van der Waals surface area contributed by atoms with Gasteiger partial charge in [-0.2, -0.15) is 0 Å². The third-order valence-corrected chi connectivity index (χ3v) is 2.45. The predicted octanol–water partition coefficient (Wildman–Crippen LogP) is 3.39. The first-order valence-electron chi connectivity index (χ1n) is 5.08. The monoisotopic (exact) mass is 189 g/mol. The van der Waals surface area contributed by atoms with Gasteiger partial charge in [-0.05, 0) is 23.0 Å². The van der Waals surface area contributed by atoms with E-state index >= 15 is 0 Å². The highest BCUT2D eigenvalue weighted by Crippen LogP contribution is 2.28. The molecule has 1 heteroatoms. The van der Waals surface area contributed by atoms with E-state index in [4.69, 9.17) is 0 Å². The van der Waals surface area contributed by atoms with Gasteiger partial charge >= 0.3 is 0 Å². The Morgan fingerprint density at radius 2 is 1.71 bits per heavy atom. The van der Waals surface area contributed by atoms with Crippen LogP contribution in [-0.2, 0) is 4.79 Å². The first-order valence-corrected chi connectivity index (χ1v) is 5.08. The Labute approximate surface area is 86.1 Å². The lowest BCUT2D eigenvalue weighted by atomic mass is 9.87. The van der Waals surface area contributed by atoms with Crippen molar-refractivity contribution in [2.24, 2.45) is 0 Å². The molecule has 0 unspecified atom stereocenters. The topological polar surface area (TPSA) is 17.1 Å². The third kappa shape index (κ3) is 2.03. The molecular weight excluding hydrogens is 172 g/mol. The van der Waals surface area contributed by atoms with E-state index in [1.165, 1.54) is 5.56 Å². The SMILES string of the molecule is CC(C)c1cccc([C]=O)c1C(C)C. The van der Waals surface area contributed by atoms with Crippen LogP contribution in [0.4, 0.5) is 0 Å². The van der Waals surface area contributed by atoms with E-state index in [0.717, 1.165) is 5.56 Å². The largest absolute Gasteiger partial charge is 0.285 e. The zero-order valence-corrected chi connectivity index (χ0v) is 9.29. The molecule has 1 aromatic carbocycles. The number of carbonyl (C=O) groups excluding carboxylic acids is 1. The van der Waals surface area contributed by atoms with Crippen molar-refractivity contribution in [3.05, 3.63) is 34.9 Å². The van der Waals surface area contributed by atoms with Gasteiger partial charge in [-0.1, -0.05) is 45.9 Å². The van der Waals surface area contributed by atoms with Crippen LogP contribution in [0.3, 0.4) is 0 Å². The lowest BCUT2D eigenvalue weighted by molar-refractivity contribution is 0.562. The summed E-state index contributed by atoms with van der Waals surface area (Å²) in [5, 5.41) is 0. The number of rotatable bonds is 3. The first-order chi connectivity index (χ1) is 6.57. The Kier molecular flexibility index (Phi) is 3.45. The fourth-order valence-electron chi connectivity index (χ4n) is 1.82. The van der Waals surface area contributed by atoms with Gasteiger partial charge in [-0.25, -0.2) is 0 Å². The Morgan fingerprint density at radius 1 is 1.07 bits per heavy atom. The second kappa shape index (κ2) is 4.41. The zero-order chi connectivity index (χ0) is 10.7. The van der Waals surface area contributed by atoms with Crippen molar-refractivity contribution in [1.82, 2.24) is 0 Å². The normalized spacial score (nSPS) is 11.0. The van der Waals surface area contributed by atoms with Crippen LogP contribution in [0.25, 0.3) is 0 Å². The maximum absolute atomic E-state index is 10.8. The van der Waals surface area contributed by atoms with Gasteiger partial charge in [-0.15, -0.1) is 0 Å². The lowest BCUT2D eigenvalue weighted by Crippen LogP contribution is -2.03. The second-order valence-electron chi connectivity index (χ2n) is 4.22. The molecule has 1 rings (SSSR count). The minimum absolute atomic E-state index is 0.380. The van der Waals surface area contributed by atoms with Gasteiger partial charge in [0.05, 0.1) is 0 Å². The van der Waals surface area contributed by atoms with Crippen LogP contribution < -0.4 is 0 Å². The average molecular weight is 189 g/mol.